The Balaban J connectivity index is 1.48. The number of urea groups is 1. The van der Waals surface area contributed by atoms with Gasteiger partial charge in [-0.25, -0.2) is 4.79 Å². The topological polar surface area (TPSA) is 110 Å². The molecular formula is C21H21N5O2. The van der Waals surface area contributed by atoms with Crippen LogP contribution in [0.4, 0.5) is 10.5 Å². The van der Waals surface area contributed by atoms with Crippen LogP contribution in [0, 0.1) is 0 Å². The summed E-state index contributed by atoms with van der Waals surface area (Å²) in [5, 5.41) is 5.56. The van der Waals surface area contributed by atoms with Gasteiger partial charge < -0.3 is 16.4 Å². The number of carbonyl (C=O) groups is 2. The number of nitrogens with two attached hydrogens (primary N) is 1. The van der Waals surface area contributed by atoms with Crippen LogP contribution in [0.3, 0.4) is 0 Å². The van der Waals surface area contributed by atoms with Crippen molar-refractivity contribution in [3.63, 3.8) is 0 Å². The average Bonchev–Trinajstić information content (AvgIpc) is 2.73. The van der Waals surface area contributed by atoms with Gasteiger partial charge in [-0.2, -0.15) is 0 Å². The van der Waals surface area contributed by atoms with Gasteiger partial charge in [0.15, 0.2) is 5.78 Å². The van der Waals surface area contributed by atoms with E-state index in [1.165, 1.54) is 6.20 Å². The summed E-state index contributed by atoms with van der Waals surface area (Å²) < 4.78 is 0. The van der Waals surface area contributed by atoms with E-state index in [1.807, 2.05) is 24.3 Å². The molecule has 0 aliphatic heterocycles. The van der Waals surface area contributed by atoms with Crippen LogP contribution in [0.2, 0.25) is 0 Å². The number of rotatable bonds is 7. The molecule has 0 bridgehead atoms. The van der Waals surface area contributed by atoms with Crippen LogP contribution >= 0.6 is 0 Å². The molecule has 0 radical (unpaired) electrons. The van der Waals surface area contributed by atoms with Gasteiger partial charge in [0.25, 0.3) is 0 Å². The third-order valence-electron chi connectivity index (χ3n) is 4.20. The number of amides is 2. The predicted molar refractivity (Wildman–Crippen MR) is 106 cm³/mol. The molecule has 7 nitrogen and oxygen atoms in total. The van der Waals surface area contributed by atoms with E-state index in [2.05, 4.69) is 20.6 Å². The summed E-state index contributed by atoms with van der Waals surface area (Å²) >= 11 is 0. The molecule has 7 heteroatoms. The molecule has 0 unspecified atom stereocenters. The van der Waals surface area contributed by atoms with Crippen molar-refractivity contribution in [2.45, 2.75) is 19.5 Å². The number of nitrogen functional groups attached to an aromatic ring is 1. The lowest BCUT2D eigenvalue weighted by atomic mass is 10.0. The highest BCUT2D eigenvalue weighted by molar-refractivity contribution is 5.98. The SMILES string of the molecule is Nc1cnccc1CC(=O)c1ccc(CNC(=O)NCc2cccnc2)cc1. The zero-order valence-corrected chi connectivity index (χ0v) is 15.3. The van der Waals surface area contributed by atoms with E-state index in [1.54, 1.807) is 36.8 Å². The molecule has 0 aliphatic rings. The summed E-state index contributed by atoms with van der Waals surface area (Å²) in [6.45, 7) is 0.774. The van der Waals surface area contributed by atoms with Gasteiger partial charge in [-0.1, -0.05) is 30.3 Å². The van der Waals surface area contributed by atoms with Gasteiger partial charge in [-0.15, -0.1) is 0 Å². The Bertz CT molecular complexity index is 943. The Morgan fingerprint density at radius 2 is 1.57 bits per heavy atom. The van der Waals surface area contributed by atoms with Crippen molar-refractivity contribution in [1.29, 1.82) is 0 Å². The Labute approximate surface area is 163 Å². The van der Waals surface area contributed by atoms with Crippen molar-refractivity contribution in [1.82, 2.24) is 20.6 Å². The monoisotopic (exact) mass is 375 g/mol. The number of nitrogens with one attached hydrogen (secondary N) is 2. The van der Waals surface area contributed by atoms with E-state index in [0.29, 0.717) is 24.3 Å². The fourth-order valence-electron chi connectivity index (χ4n) is 2.61. The number of pyridine rings is 2. The first-order valence-electron chi connectivity index (χ1n) is 8.83. The Hall–Kier alpha value is -3.74. The first kappa shape index (κ1) is 19.0. The number of hydrogen-bond donors (Lipinski definition) is 3. The summed E-state index contributed by atoms with van der Waals surface area (Å²) in [6, 6.07) is 12.3. The van der Waals surface area contributed by atoms with Crippen LogP contribution in [0.15, 0.2) is 67.3 Å². The van der Waals surface area contributed by atoms with Crippen LogP contribution in [0.25, 0.3) is 0 Å². The van der Waals surface area contributed by atoms with Crippen molar-refractivity contribution in [3.05, 3.63) is 89.5 Å². The van der Waals surface area contributed by atoms with Gasteiger partial charge in [-0.3, -0.25) is 14.8 Å². The second-order valence-electron chi connectivity index (χ2n) is 6.27. The lowest BCUT2D eigenvalue weighted by molar-refractivity contribution is 0.0993. The fraction of sp³-hybridized carbons (Fsp3) is 0.143. The predicted octanol–water partition coefficient (Wildman–Crippen LogP) is 2.48. The van der Waals surface area contributed by atoms with Crippen LogP contribution in [0.1, 0.15) is 27.0 Å². The maximum absolute atomic E-state index is 12.4. The third kappa shape index (κ3) is 5.38. The average molecular weight is 375 g/mol. The van der Waals surface area contributed by atoms with E-state index in [0.717, 1.165) is 16.7 Å². The quantitative estimate of drug-likeness (QED) is 0.550. The zero-order valence-electron chi connectivity index (χ0n) is 15.3. The van der Waals surface area contributed by atoms with E-state index in [-0.39, 0.29) is 18.2 Å². The highest BCUT2D eigenvalue weighted by Crippen LogP contribution is 2.13. The summed E-state index contributed by atoms with van der Waals surface area (Å²) in [7, 11) is 0. The van der Waals surface area contributed by atoms with Crippen LogP contribution in [0.5, 0.6) is 0 Å². The minimum atomic E-state index is -0.267. The van der Waals surface area contributed by atoms with Gasteiger partial charge in [0, 0.05) is 43.7 Å². The smallest absolute Gasteiger partial charge is 0.315 e. The van der Waals surface area contributed by atoms with Crippen molar-refractivity contribution in [3.8, 4) is 0 Å². The Morgan fingerprint density at radius 1 is 0.857 bits per heavy atom. The summed E-state index contributed by atoms with van der Waals surface area (Å²) in [5.74, 6) is -0.0216. The van der Waals surface area contributed by atoms with Crippen LogP contribution in [-0.2, 0) is 19.5 Å². The van der Waals surface area contributed by atoms with E-state index in [4.69, 9.17) is 5.73 Å². The van der Waals surface area contributed by atoms with Crippen molar-refractivity contribution < 1.29 is 9.59 Å². The highest BCUT2D eigenvalue weighted by Gasteiger charge is 2.09. The molecule has 142 valence electrons. The number of anilines is 1. The Morgan fingerprint density at radius 3 is 2.25 bits per heavy atom. The molecule has 0 aliphatic carbocycles. The van der Waals surface area contributed by atoms with Crippen molar-refractivity contribution in [2.75, 3.05) is 5.73 Å². The summed E-state index contributed by atoms with van der Waals surface area (Å²) in [6.07, 6.45) is 6.77. The molecule has 0 saturated carbocycles. The van der Waals surface area contributed by atoms with Gasteiger partial charge in [0.05, 0.1) is 11.9 Å². The zero-order chi connectivity index (χ0) is 19.8. The molecule has 0 saturated heterocycles. The minimum absolute atomic E-state index is 0.0216. The standard InChI is InChI=1S/C21H21N5O2/c22-19-14-24-9-7-18(19)10-20(27)17-5-3-15(4-6-17)12-25-21(28)26-13-16-2-1-8-23-11-16/h1-9,11,14H,10,12-13,22H2,(H2,25,26,28). The molecule has 28 heavy (non-hydrogen) atoms. The molecule has 0 fully saturated rings. The maximum Gasteiger partial charge on any atom is 0.315 e. The fourth-order valence-corrected chi connectivity index (χ4v) is 2.61. The van der Waals surface area contributed by atoms with Crippen LogP contribution < -0.4 is 16.4 Å². The Kier molecular flexibility index (Phi) is 6.30. The number of benzene rings is 1. The number of aromatic nitrogens is 2. The van der Waals surface area contributed by atoms with Crippen molar-refractivity contribution >= 4 is 17.5 Å². The molecule has 0 spiro atoms. The molecule has 2 heterocycles. The van der Waals surface area contributed by atoms with Crippen molar-refractivity contribution in [2.24, 2.45) is 0 Å². The van der Waals surface area contributed by atoms with Gasteiger partial charge in [0.1, 0.15) is 0 Å². The van der Waals surface area contributed by atoms with Gasteiger partial charge >= 0.3 is 6.03 Å². The molecule has 3 aromatic rings. The third-order valence-corrected chi connectivity index (χ3v) is 4.20. The number of Topliss-reactive ketones (excluding diaryl/α,β-unsaturated/α-hetero) is 1. The lowest BCUT2D eigenvalue weighted by Crippen LogP contribution is -2.34. The number of carbonyl (C=O) groups excluding carboxylic acids is 2. The molecule has 4 N–H and O–H groups in total. The molecular weight excluding hydrogens is 354 g/mol. The van der Waals surface area contributed by atoms with Crippen LogP contribution in [-0.4, -0.2) is 21.8 Å². The first-order chi connectivity index (χ1) is 13.6. The normalized spacial score (nSPS) is 10.3. The number of hydrogen-bond acceptors (Lipinski definition) is 5. The number of nitrogens with zero attached hydrogens (tertiary/aromatic N) is 2. The van der Waals surface area contributed by atoms with E-state index >= 15 is 0 Å². The highest BCUT2D eigenvalue weighted by atomic mass is 16.2. The van der Waals surface area contributed by atoms with Gasteiger partial charge in [0.2, 0.25) is 0 Å². The second-order valence-corrected chi connectivity index (χ2v) is 6.27. The molecule has 2 amide bonds. The molecule has 0 atom stereocenters. The molecule has 1 aromatic carbocycles. The van der Waals surface area contributed by atoms with E-state index in [9.17, 15) is 9.59 Å². The minimum Gasteiger partial charge on any atom is -0.397 e. The summed E-state index contributed by atoms with van der Waals surface area (Å²) in [5.41, 5.74) is 9.53. The largest absolute Gasteiger partial charge is 0.397 e. The summed E-state index contributed by atoms with van der Waals surface area (Å²) in [4.78, 5) is 32.2. The van der Waals surface area contributed by atoms with E-state index < -0.39 is 0 Å². The first-order valence-corrected chi connectivity index (χ1v) is 8.83. The number of ketones is 1. The van der Waals surface area contributed by atoms with Gasteiger partial charge in [-0.05, 0) is 28.8 Å². The second kappa shape index (κ2) is 9.27. The maximum atomic E-state index is 12.4. The molecule has 2 aromatic heterocycles. The lowest BCUT2D eigenvalue weighted by Gasteiger charge is -2.08. The molecule has 3 rings (SSSR count).